The van der Waals surface area contributed by atoms with Crippen LogP contribution in [0.25, 0.3) is 10.9 Å². The van der Waals surface area contributed by atoms with Gasteiger partial charge in [0.05, 0.1) is 17.1 Å². The lowest BCUT2D eigenvalue weighted by molar-refractivity contribution is -0.0789. The molecule has 0 amide bonds. The maximum absolute atomic E-state index is 12.6. The van der Waals surface area contributed by atoms with Crippen molar-refractivity contribution in [1.29, 1.82) is 0 Å². The third kappa shape index (κ3) is 3.05. The number of aryl methyl sites for hydroxylation is 1. The summed E-state index contributed by atoms with van der Waals surface area (Å²) in [6, 6.07) is 9.63. The van der Waals surface area contributed by atoms with Crippen LogP contribution >= 0.6 is 0 Å². The normalized spacial score (nSPS) is 13.6. The molecule has 1 aliphatic rings. The lowest BCUT2D eigenvalue weighted by Gasteiger charge is -2.14. The summed E-state index contributed by atoms with van der Waals surface area (Å²) in [7, 11) is 0. The van der Waals surface area contributed by atoms with E-state index in [-0.39, 0.29) is 17.1 Å². The molecule has 0 radical (unpaired) electrons. The van der Waals surface area contributed by atoms with E-state index in [1.54, 1.807) is 4.57 Å². The second-order valence-electron chi connectivity index (χ2n) is 6.48. The maximum Gasteiger partial charge on any atom is 0.384 e. The van der Waals surface area contributed by atoms with E-state index in [9.17, 15) is 14.1 Å². The van der Waals surface area contributed by atoms with Gasteiger partial charge in [0.25, 0.3) is 0 Å². The van der Waals surface area contributed by atoms with Crippen LogP contribution < -0.4 is 10.2 Å². The minimum Gasteiger partial charge on any atom is -0.474 e. The Morgan fingerprint density at radius 2 is 2.00 bits per heavy atom. The third-order valence-corrected chi connectivity index (χ3v) is 4.87. The summed E-state index contributed by atoms with van der Waals surface area (Å²) in [5, 5.41) is 0.236. The Balaban J connectivity index is 1.70. The summed E-state index contributed by atoms with van der Waals surface area (Å²) in [4.78, 5) is 31.7. The predicted octanol–water partition coefficient (Wildman–Crippen LogP) is 3.00. The Morgan fingerprint density at radius 1 is 1.30 bits per heavy atom. The largest absolute Gasteiger partial charge is 0.474 e. The Morgan fingerprint density at radius 3 is 2.63 bits per heavy atom. The van der Waals surface area contributed by atoms with Gasteiger partial charge in [-0.1, -0.05) is 24.3 Å². The molecule has 6 nitrogen and oxygen atoms in total. The number of rotatable bonds is 4. The average Bonchev–Trinajstić information content (AvgIpc) is 3.10. The van der Waals surface area contributed by atoms with Crippen LogP contribution in [0.4, 0.5) is 4.53 Å². The molecule has 2 heterocycles. The molecular formula is C20H17FN2O4. The lowest BCUT2D eigenvalue weighted by Crippen LogP contribution is -2.20. The highest BCUT2D eigenvalue weighted by Crippen LogP contribution is 2.26. The van der Waals surface area contributed by atoms with Gasteiger partial charge in [0, 0.05) is 36.2 Å². The van der Waals surface area contributed by atoms with Crippen molar-refractivity contribution in [1.82, 2.24) is 9.55 Å². The van der Waals surface area contributed by atoms with E-state index in [1.807, 2.05) is 19.1 Å². The minimum atomic E-state index is -1.31. The van der Waals surface area contributed by atoms with Gasteiger partial charge >= 0.3 is 5.97 Å². The smallest absolute Gasteiger partial charge is 0.384 e. The number of aromatic nitrogens is 2. The number of carbonyl (C=O) groups is 1. The summed E-state index contributed by atoms with van der Waals surface area (Å²) in [6.45, 7) is 2.32. The predicted molar refractivity (Wildman–Crippen MR) is 96.5 cm³/mol. The molecule has 3 aromatic rings. The number of hydrogen-bond acceptors (Lipinski definition) is 5. The zero-order valence-corrected chi connectivity index (χ0v) is 14.6. The molecule has 0 spiro atoms. The second kappa shape index (κ2) is 6.83. The van der Waals surface area contributed by atoms with E-state index >= 15 is 0 Å². The average molecular weight is 368 g/mol. The second-order valence-corrected chi connectivity index (χ2v) is 6.48. The SMILES string of the molecule is CCn1cc(C(=O)OF)c(=O)c2cc(OC3Cc4ccccc4C3)ncc21. The summed E-state index contributed by atoms with van der Waals surface area (Å²) >= 11 is 0. The molecule has 0 bridgehead atoms. The van der Waals surface area contributed by atoms with E-state index in [4.69, 9.17) is 4.74 Å². The summed E-state index contributed by atoms with van der Waals surface area (Å²) in [6.07, 6.45) is 4.27. The van der Waals surface area contributed by atoms with Crippen LogP contribution in [0.2, 0.25) is 0 Å². The van der Waals surface area contributed by atoms with Crippen LogP contribution in [-0.4, -0.2) is 21.6 Å². The monoisotopic (exact) mass is 368 g/mol. The van der Waals surface area contributed by atoms with Crippen LogP contribution in [0.15, 0.2) is 47.5 Å². The first kappa shape index (κ1) is 17.2. The summed E-state index contributed by atoms with van der Waals surface area (Å²) in [5.41, 5.74) is 2.05. The number of fused-ring (bicyclic) bond motifs is 2. The summed E-state index contributed by atoms with van der Waals surface area (Å²) in [5.74, 6) is -1.01. The fraction of sp³-hybridized carbons (Fsp3) is 0.250. The van der Waals surface area contributed by atoms with Gasteiger partial charge in [-0.15, -0.1) is 0 Å². The molecule has 138 valence electrons. The quantitative estimate of drug-likeness (QED) is 0.708. The molecule has 4 rings (SSSR count). The Kier molecular flexibility index (Phi) is 4.35. The van der Waals surface area contributed by atoms with Crippen molar-refractivity contribution in [3.05, 3.63) is 69.6 Å². The summed E-state index contributed by atoms with van der Waals surface area (Å²) < 4.78 is 19.9. The van der Waals surface area contributed by atoms with Gasteiger partial charge in [0.15, 0.2) is 0 Å². The van der Waals surface area contributed by atoms with Crippen LogP contribution in [0.3, 0.4) is 0 Å². The maximum atomic E-state index is 12.6. The van der Waals surface area contributed by atoms with Crippen molar-refractivity contribution < 1.29 is 19.0 Å². The molecule has 0 atom stereocenters. The molecular weight excluding hydrogens is 351 g/mol. The number of carbonyl (C=O) groups excluding carboxylic acids is 1. The van der Waals surface area contributed by atoms with Gasteiger partial charge in [-0.05, 0) is 18.1 Å². The van der Waals surface area contributed by atoms with Gasteiger partial charge in [0.1, 0.15) is 11.7 Å². The Bertz CT molecular complexity index is 1070. The van der Waals surface area contributed by atoms with Crippen LogP contribution in [0, 0.1) is 0 Å². The zero-order valence-electron chi connectivity index (χ0n) is 14.6. The molecule has 7 heteroatoms. The highest BCUT2D eigenvalue weighted by Gasteiger charge is 2.23. The standard InChI is InChI=1S/C20H17FN2O4/c1-2-23-11-16(20(25)27-21)19(24)15-9-18(22-10-17(15)23)26-14-7-12-5-3-4-6-13(12)8-14/h3-6,9-11,14H,2,7-8H2,1H3. The molecule has 27 heavy (non-hydrogen) atoms. The fourth-order valence-corrected chi connectivity index (χ4v) is 3.55. The van der Waals surface area contributed by atoms with Gasteiger partial charge in [-0.3, -0.25) is 4.79 Å². The first-order valence-corrected chi connectivity index (χ1v) is 8.70. The highest BCUT2D eigenvalue weighted by atomic mass is 19.3. The van der Waals surface area contributed by atoms with E-state index in [0.717, 1.165) is 12.8 Å². The van der Waals surface area contributed by atoms with Crippen molar-refractivity contribution in [3.63, 3.8) is 0 Å². The first-order chi connectivity index (χ1) is 13.1. The van der Waals surface area contributed by atoms with E-state index in [0.29, 0.717) is 17.9 Å². The number of nitrogens with zero attached hydrogens (tertiary/aromatic N) is 2. The number of hydrogen-bond donors (Lipinski definition) is 0. The molecule has 0 saturated heterocycles. The van der Waals surface area contributed by atoms with Crippen LogP contribution in [0.1, 0.15) is 28.4 Å². The van der Waals surface area contributed by atoms with E-state index < -0.39 is 11.4 Å². The van der Waals surface area contributed by atoms with Crippen molar-refractivity contribution in [2.24, 2.45) is 0 Å². The zero-order chi connectivity index (χ0) is 19.0. The van der Waals surface area contributed by atoms with Crippen molar-refractivity contribution in [2.45, 2.75) is 32.4 Å². The van der Waals surface area contributed by atoms with Crippen LogP contribution in [-0.2, 0) is 24.3 Å². The molecule has 1 aliphatic carbocycles. The topological polar surface area (TPSA) is 70.4 Å². The third-order valence-electron chi connectivity index (χ3n) is 4.87. The van der Waals surface area contributed by atoms with Gasteiger partial charge in [-0.2, -0.15) is 0 Å². The highest BCUT2D eigenvalue weighted by molar-refractivity contribution is 5.93. The van der Waals surface area contributed by atoms with Gasteiger partial charge < -0.3 is 9.30 Å². The molecule has 0 fully saturated rings. The number of ether oxygens (including phenoxy) is 1. The van der Waals surface area contributed by atoms with Crippen molar-refractivity contribution in [2.75, 3.05) is 0 Å². The molecule has 0 aliphatic heterocycles. The lowest BCUT2D eigenvalue weighted by atomic mass is 10.1. The molecule has 1 aromatic carbocycles. The van der Waals surface area contributed by atoms with Gasteiger partial charge in [-0.25, -0.2) is 14.7 Å². The number of benzene rings is 1. The molecule has 0 saturated carbocycles. The minimum absolute atomic E-state index is 0.0697. The fourth-order valence-electron chi connectivity index (χ4n) is 3.55. The van der Waals surface area contributed by atoms with Crippen LogP contribution in [0.5, 0.6) is 5.88 Å². The molecule has 0 N–H and O–H groups in total. The van der Waals surface area contributed by atoms with Crippen molar-refractivity contribution in [3.8, 4) is 5.88 Å². The number of pyridine rings is 2. The van der Waals surface area contributed by atoms with Gasteiger partial charge in [0.2, 0.25) is 11.3 Å². The molecule has 2 aromatic heterocycles. The van der Waals surface area contributed by atoms with E-state index in [2.05, 4.69) is 22.1 Å². The number of halogens is 1. The molecule has 0 unspecified atom stereocenters. The van der Waals surface area contributed by atoms with E-state index in [1.165, 1.54) is 29.6 Å². The van der Waals surface area contributed by atoms with Crippen molar-refractivity contribution >= 4 is 16.9 Å². The first-order valence-electron chi connectivity index (χ1n) is 8.70. The Hall–Kier alpha value is -3.22. The Labute approximate surface area is 154 Å².